The third-order valence-electron chi connectivity index (χ3n) is 2.12. The number of ether oxygens (including phenoxy) is 2. The van der Waals surface area contributed by atoms with Gasteiger partial charge in [-0.2, -0.15) is 0 Å². The van der Waals surface area contributed by atoms with Gasteiger partial charge in [0.05, 0.1) is 0 Å². The molecule has 0 saturated carbocycles. The average Bonchev–Trinajstić information content (AvgIpc) is 2.21. The van der Waals surface area contributed by atoms with E-state index in [1.807, 2.05) is 0 Å². The van der Waals surface area contributed by atoms with Crippen molar-refractivity contribution in [2.24, 2.45) is 0 Å². The van der Waals surface area contributed by atoms with Crippen molar-refractivity contribution in [3.05, 3.63) is 0 Å². The van der Waals surface area contributed by atoms with Crippen molar-refractivity contribution in [3.8, 4) is 0 Å². The third-order valence-corrected chi connectivity index (χ3v) is 2.68. The Kier molecular flexibility index (Phi) is 13.8. The number of unbranched alkanes of at least 4 members (excludes halogenated alkanes) is 6. The van der Waals surface area contributed by atoms with Gasteiger partial charge < -0.3 is 9.47 Å². The van der Waals surface area contributed by atoms with Crippen LogP contribution in [-0.4, -0.2) is 25.8 Å². The monoisotopic (exact) mass is 266 g/mol. The summed E-state index contributed by atoms with van der Waals surface area (Å²) in [5.41, 5.74) is 0. The Morgan fingerprint density at radius 1 is 0.857 bits per heavy atom. The van der Waals surface area contributed by atoms with Crippen LogP contribution in [-0.2, 0) is 9.47 Å². The Morgan fingerprint density at radius 2 is 1.43 bits per heavy atom. The van der Waals surface area contributed by atoms with Gasteiger partial charge in [0.25, 0.3) is 0 Å². The van der Waals surface area contributed by atoms with Crippen LogP contribution in [0, 0.1) is 0 Å². The number of halogens is 1. The number of hydrogen-bond acceptors (Lipinski definition) is 2. The number of methoxy groups -OCH3 is 1. The quantitative estimate of drug-likeness (QED) is 0.322. The molecule has 3 heteroatoms. The van der Waals surface area contributed by atoms with Crippen LogP contribution < -0.4 is 0 Å². The average molecular weight is 267 g/mol. The van der Waals surface area contributed by atoms with Gasteiger partial charge in [0.2, 0.25) is 0 Å². The fraction of sp³-hybridized carbons (Fsp3) is 1.00. The molecule has 0 unspecified atom stereocenters. The Balaban J connectivity index is 2.78. The van der Waals surface area contributed by atoms with Gasteiger partial charge >= 0.3 is 0 Å². The molecule has 0 aromatic rings. The second-order valence-electron chi connectivity index (χ2n) is 3.48. The molecule has 0 aliphatic heterocycles. The van der Waals surface area contributed by atoms with E-state index >= 15 is 0 Å². The summed E-state index contributed by atoms with van der Waals surface area (Å²) in [6.07, 6.45) is 9.24. The van der Waals surface area contributed by atoms with Crippen LogP contribution >= 0.6 is 15.9 Å². The molecule has 0 amide bonds. The highest BCUT2D eigenvalue weighted by Gasteiger charge is 1.91. The maximum absolute atomic E-state index is 5.20. The molecular formula is C11H23BrO2. The molecule has 0 aliphatic rings. The fourth-order valence-corrected chi connectivity index (χ4v) is 1.72. The van der Waals surface area contributed by atoms with Crippen LogP contribution in [0.15, 0.2) is 0 Å². The van der Waals surface area contributed by atoms with Crippen molar-refractivity contribution >= 4 is 15.9 Å². The first kappa shape index (κ1) is 14.4. The lowest BCUT2D eigenvalue weighted by Gasteiger charge is -2.02. The van der Waals surface area contributed by atoms with Gasteiger partial charge in [0, 0.05) is 19.0 Å². The molecule has 0 radical (unpaired) electrons. The summed E-state index contributed by atoms with van der Waals surface area (Å²) < 4.78 is 9.99. The minimum Gasteiger partial charge on any atom is -0.359 e. The van der Waals surface area contributed by atoms with Gasteiger partial charge in [-0.3, -0.25) is 0 Å². The van der Waals surface area contributed by atoms with Crippen molar-refractivity contribution in [1.82, 2.24) is 0 Å². The van der Waals surface area contributed by atoms with Crippen LogP contribution in [0.1, 0.15) is 44.9 Å². The molecule has 0 spiro atoms. The highest BCUT2D eigenvalue weighted by molar-refractivity contribution is 9.09. The van der Waals surface area contributed by atoms with E-state index in [1.165, 1.54) is 44.9 Å². The van der Waals surface area contributed by atoms with E-state index in [1.54, 1.807) is 7.11 Å². The fourth-order valence-electron chi connectivity index (χ4n) is 1.32. The summed E-state index contributed by atoms with van der Waals surface area (Å²) in [4.78, 5) is 0. The molecule has 0 N–H and O–H groups in total. The molecule has 0 fully saturated rings. The number of hydrogen-bond donors (Lipinski definition) is 0. The Bertz CT molecular complexity index is 87.3. The molecule has 14 heavy (non-hydrogen) atoms. The lowest BCUT2D eigenvalue weighted by atomic mass is 10.1. The van der Waals surface area contributed by atoms with Crippen LogP contribution in [0.2, 0.25) is 0 Å². The van der Waals surface area contributed by atoms with Crippen LogP contribution in [0.4, 0.5) is 0 Å². The minimum atomic E-state index is 0.436. The summed E-state index contributed by atoms with van der Waals surface area (Å²) in [5, 5.41) is 1.15. The standard InChI is InChI=1S/C11H23BrO2/c1-13-11-14-10-8-6-4-2-3-5-7-9-12/h2-11H2,1H3. The van der Waals surface area contributed by atoms with Gasteiger partial charge in [-0.25, -0.2) is 0 Å². The zero-order chi connectivity index (χ0) is 10.5. The summed E-state index contributed by atoms with van der Waals surface area (Å²) in [7, 11) is 1.66. The van der Waals surface area contributed by atoms with E-state index in [-0.39, 0.29) is 0 Å². The molecule has 0 saturated heterocycles. The normalized spacial score (nSPS) is 10.7. The van der Waals surface area contributed by atoms with Crippen LogP contribution in [0.3, 0.4) is 0 Å². The second kappa shape index (κ2) is 13.4. The van der Waals surface area contributed by atoms with Crippen LogP contribution in [0.5, 0.6) is 0 Å². The number of alkyl halides is 1. The highest BCUT2D eigenvalue weighted by Crippen LogP contribution is 2.07. The topological polar surface area (TPSA) is 18.5 Å². The molecule has 0 atom stereocenters. The van der Waals surface area contributed by atoms with E-state index in [0.29, 0.717) is 6.79 Å². The molecule has 0 aliphatic carbocycles. The molecule has 0 heterocycles. The molecular weight excluding hydrogens is 244 g/mol. The molecule has 0 rings (SSSR count). The summed E-state index contributed by atoms with van der Waals surface area (Å²) in [5.74, 6) is 0. The maximum atomic E-state index is 5.20. The first-order chi connectivity index (χ1) is 6.91. The largest absolute Gasteiger partial charge is 0.359 e. The van der Waals surface area contributed by atoms with E-state index in [4.69, 9.17) is 9.47 Å². The van der Waals surface area contributed by atoms with Crippen LogP contribution in [0.25, 0.3) is 0 Å². The Morgan fingerprint density at radius 3 is 2.00 bits per heavy atom. The van der Waals surface area contributed by atoms with Crippen molar-refractivity contribution in [2.45, 2.75) is 44.9 Å². The van der Waals surface area contributed by atoms with E-state index < -0.39 is 0 Å². The van der Waals surface area contributed by atoms with Crippen molar-refractivity contribution in [3.63, 3.8) is 0 Å². The van der Waals surface area contributed by atoms with Crippen molar-refractivity contribution in [2.75, 3.05) is 25.8 Å². The zero-order valence-corrected chi connectivity index (χ0v) is 10.9. The van der Waals surface area contributed by atoms with E-state index in [9.17, 15) is 0 Å². The highest BCUT2D eigenvalue weighted by atomic mass is 79.9. The number of rotatable bonds is 11. The molecule has 0 aromatic carbocycles. The predicted molar refractivity (Wildman–Crippen MR) is 63.9 cm³/mol. The third kappa shape index (κ3) is 12.4. The maximum Gasteiger partial charge on any atom is 0.146 e. The van der Waals surface area contributed by atoms with E-state index in [0.717, 1.165) is 11.9 Å². The van der Waals surface area contributed by atoms with Gasteiger partial charge in [0.15, 0.2) is 0 Å². The second-order valence-corrected chi connectivity index (χ2v) is 4.27. The minimum absolute atomic E-state index is 0.436. The first-order valence-electron chi connectivity index (χ1n) is 5.54. The molecule has 86 valence electrons. The van der Waals surface area contributed by atoms with E-state index in [2.05, 4.69) is 15.9 Å². The molecule has 0 aromatic heterocycles. The zero-order valence-electron chi connectivity index (χ0n) is 9.27. The molecule has 2 nitrogen and oxygen atoms in total. The summed E-state index contributed by atoms with van der Waals surface area (Å²) in [6.45, 7) is 1.28. The first-order valence-corrected chi connectivity index (χ1v) is 6.66. The van der Waals surface area contributed by atoms with Gasteiger partial charge in [-0.15, -0.1) is 0 Å². The summed E-state index contributed by atoms with van der Waals surface area (Å²) >= 11 is 3.44. The lowest BCUT2D eigenvalue weighted by molar-refractivity contribution is -0.0315. The smallest absolute Gasteiger partial charge is 0.146 e. The molecule has 0 bridgehead atoms. The van der Waals surface area contributed by atoms with Gasteiger partial charge in [0.1, 0.15) is 6.79 Å². The van der Waals surface area contributed by atoms with Gasteiger partial charge in [-0.1, -0.05) is 48.0 Å². The summed E-state index contributed by atoms with van der Waals surface area (Å²) in [6, 6.07) is 0. The lowest BCUT2D eigenvalue weighted by Crippen LogP contribution is -1.98. The Hall–Kier alpha value is 0.400. The SMILES string of the molecule is COCOCCCCCCCCCBr. The van der Waals surface area contributed by atoms with Crippen molar-refractivity contribution < 1.29 is 9.47 Å². The van der Waals surface area contributed by atoms with Gasteiger partial charge in [-0.05, 0) is 12.8 Å². The van der Waals surface area contributed by atoms with Crippen molar-refractivity contribution in [1.29, 1.82) is 0 Å². The Labute approximate surface area is 96.5 Å². The predicted octanol–water partition coefficient (Wildman–Crippen LogP) is 3.73.